The standard InChI is InChI=1S/C17H23NO2S/c1-14-5-6-17(15(12-14)13-18-8-10-19-2)20-9-7-16-4-3-11-21-16/h3-6,11-12,18H,7-10,13H2,1-2H3. The van der Waals surface area contributed by atoms with Crippen LogP contribution in [0.2, 0.25) is 0 Å². The first-order chi connectivity index (χ1) is 10.3. The Labute approximate surface area is 130 Å². The van der Waals surface area contributed by atoms with E-state index in [0.29, 0.717) is 6.61 Å². The van der Waals surface area contributed by atoms with E-state index in [-0.39, 0.29) is 0 Å². The summed E-state index contributed by atoms with van der Waals surface area (Å²) in [7, 11) is 1.72. The summed E-state index contributed by atoms with van der Waals surface area (Å²) in [4.78, 5) is 1.36. The van der Waals surface area contributed by atoms with Crippen LogP contribution in [0.25, 0.3) is 0 Å². The van der Waals surface area contributed by atoms with Crippen LogP contribution in [-0.2, 0) is 17.7 Å². The van der Waals surface area contributed by atoms with Gasteiger partial charge in [-0.3, -0.25) is 0 Å². The van der Waals surface area contributed by atoms with Gasteiger partial charge >= 0.3 is 0 Å². The number of thiophene rings is 1. The molecule has 0 aliphatic heterocycles. The van der Waals surface area contributed by atoms with Gasteiger partial charge < -0.3 is 14.8 Å². The number of benzene rings is 1. The van der Waals surface area contributed by atoms with Crippen molar-refractivity contribution in [2.75, 3.05) is 26.9 Å². The van der Waals surface area contributed by atoms with Crippen LogP contribution in [0.15, 0.2) is 35.7 Å². The van der Waals surface area contributed by atoms with Crippen molar-refractivity contribution in [3.05, 3.63) is 51.7 Å². The summed E-state index contributed by atoms with van der Waals surface area (Å²) in [5, 5.41) is 5.47. The second-order valence-electron chi connectivity index (χ2n) is 4.96. The van der Waals surface area contributed by atoms with Gasteiger partial charge in [-0.1, -0.05) is 23.8 Å². The zero-order chi connectivity index (χ0) is 14.9. The second-order valence-corrected chi connectivity index (χ2v) is 5.99. The average molecular weight is 305 g/mol. The molecule has 1 aromatic carbocycles. The smallest absolute Gasteiger partial charge is 0.123 e. The molecule has 1 N–H and O–H groups in total. The topological polar surface area (TPSA) is 30.5 Å². The van der Waals surface area contributed by atoms with Gasteiger partial charge in [0.05, 0.1) is 13.2 Å². The van der Waals surface area contributed by atoms with Gasteiger partial charge in [0.25, 0.3) is 0 Å². The summed E-state index contributed by atoms with van der Waals surface area (Å²) in [6.07, 6.45) is 0.960. The van der Waals surface area contributed by atoms with Crippen molar-refractivity contribution in [2.45, 2.75) is 19.9 Å². The quantitative estimate of drug-likeness (QED) is 0.720. The number of ether oxygens (including phenoxy) is 2. The first-order valence-electron chi connectivity index (χ1n) is 7.24. The molecule has 0 aliphatic carbocycles. The lowest BCUT2D eigenvalue weighted by Crippen LogP contribution is -2.19. The molecule has 1 aromatic heterocycles. The highest BCUT2D eigenvalue weighted by atomic mass is 32.1. The van der Waals surface area contributed by atoms with Crippen molar-refractivity contribution in [3.63, 3.8) is 0 Å². The zero-order valence-corrected chi connectivity index (χ0v) is 13.5. The Balaban J connectivity index is 1.87. The summed E-state index contributed by atoms with van der Waals surface area (Å²) in [5.41, 5.74) is 2.46. The van der Waals surface area contributed by atoms with E-state index >= 15 is 0 Å². The predicted octanol–water partition coefficient (Wildman–Crippen LogP) is 3.41. The van der Waals surface area contributed by atoms with E-state index in [0.717, 1.165) is 31.9 Å². The Hall–Kier alpha value is -1.36. The van der Waals surface area contributed by atoms with E-state index < -0.39 is 0 Å². The zero-order valence-electron chi connectivity index (χ0n) is 12.7. The minimum absolute atomic E-state index is 0.717. The maximum atomic E-state index is 5.96. The SMILES string of the molecule is COCCNCc1cc(C)ccc1OCCc1cccs1. The molecular weight excluding hydrogens is 282 g/mol. The minimum atomic E-state index is 0.717. The second kappa shape index (κ2) is 8.82. The lowest BCUT2D eigenvalue weighted by atomic mass is 10.1. The van der Waals surface area contributed by atoms with Crippen LogP contribution < -0.4 is 10.1 Å². The first kappa shape index (κ1) is 16.0. The van der Waals surface area contributed by atoms with E-state index in [9.17, 15) is 0 Å². The molecule has 0 bridgehead atoms. The van der Waals surface area contributed by atoms with Crippen molar-refractivity contribution in [1.82, 2.24) is 5.32 Å². The van der Waals surface area contributed by atoms with Crippen molar-refractivity contribution < 1.29 is 9.47 Å². The lowest BCUT2D eigenvalue weighted by molar-refractivity contribution is 0.199. The molecule has 0 amide bonds. The number of methoxy groups -OCH3 is 1. The summed E-state index contributed by atoms with van der Waals surface area (Å²) in [6, 6.07) is 10.6. The van der Waals surface area contributed by atoms with Crippen LogP contribution in [-0.4, -0.2) is 26.9 Å². The molecule has 21 heavy (non-hydrogen) atoms. The average Bonchev–Trinajstić information content (AvgIpc) is 2.99. The molecule has 2 aromatic rings. The van der Waals surface area contributed by atoms with Crippen molar-refractivity contribution in [3.8, 4) is 5.75 Å². The molecule has 0 saturated heterocycles. The number of hydrogen-bond acceptors (Lipinski definition) is 4. The maximum Gasteiger partial charge on any atom is 0.123 e. The molecule has 0 aliphatic rings. The molecule has 1 heterocycles. The minimum Gasteiger partial charge on any atom is -0.493 e. The van der Waals surface area contributed by atoms with Crippen molar-refractivity contribution in [2.24, 2.45) is 0 Å². The summed E-state index contributed by atoms with van der Waals surface area (Å²) < 4.78 is 11.0. The molecule has 114 valence electrons. The van der Waals surface area contributed by atoms with Gasteiger partial charge in [0.15, 0.2) is 0 Å². The van der Waals surface area contributed by atoms with Gasteiger partial charge in [0.1, 0.15) is 5.75 Å². The molecule has 0 atom stereocenters. The molecule has 4 heteroatoms. The Morgan fingerprint density at radius 3 is 2.86 bits per heavy atom. The van der Waals surface area contributed by atoms with Crippen LogP contribution in [0.3, 0.4) is 0 Å². The van der Waals surface area contributed by atoms with Gasteiger partial charge in [-0.25, -0.2) is 0 Å². The first-order valence-corrected chi connectivity index (χ1v) is 8.12. The highest BCUT2D eigenvalue weighted by Gasteiger charge is 2.04. The van der Waals surface area contributed by atoms with Crippen LogP contribution in [0.5, 0.6) is 5.75 Å². The number of aryl methyl sites for hydroxylation is 1. The molecule has 2 rings (SSSR count). The van der Waals surface area contributed by atoms with Gasteiger partial charge in [-0.2, -0.15) is 0 Å². The fourth-order valence-electron chi connectivity index (χ4n) is 2.10. The van der Waals surface area contributed by atoms with Crippen molar-refractivity contribution >= 4 is 11.3 Å². The van der Waals surface area contributed by atoms with E-state index in [4.69, 9.17) is 9.47 Å². The summed E-state index contributed by atoms with van der Waals surface area (Å²) in [5.74, 6) is 0.974. The lowest BCUT2D eigenvalue weighted by Gasteiger charge is -2.13. The van der Waals surface area contributed by atoms with Crippen molar-refractivity contribution in [1.29, 1.82) is 0 Å². The molecule has 3 nitrogen and oxygen atoms in total. The Bertz CT molecular complexity index is 526. The third kappa shape index (κ3) is 5.50. The third-order valence-corrected chi connectivity index (χ3v) is 4.14. The van der Waals surface area contributed by atoms with E-state index in [1.807, 2.05) is 0 Å². The molecule has 0 saturated carbocycles. The molecule has 0 unspecified atom stereocenters. The number of hydrogen-bond donors (Lipinski definition) is 1. The van der Waals surface area contributed by atoms with Crippen LogP contribution >= 0.6 is 11.3 Å². The molecule has 0 fully saturated rings. The monoisotopic (exact) mass is 305 g/mol. The van der Waals surface area contributed by atoms with Gasteiger partial charge in [-0.15, -0.1) is 11.3 Å². The van der Waals surface area contributed by atoms with Gasteiger partial charge in [0.2, 0.25) is 0 Å². The predicted molar refractivity (Wildman–Crippen MR) is 88.3 cm³/mol. The molecule has 0 radical (unpaired) electrons. The highest BCUT2D eigenvalue weighted by molar-refractivity contribution is 7.09. The van der Waals surface area contributed by atoms with E-state index in [2.05, 4.69) is 48.0 Å². The number of rotatable bonds is 9. The van der Waals surface area contributed by atoms with Crippen LogP contribution in [0, 0.1) is 6.92 Å². The fraction of sp³-hybridized carbons (Fsp3) is 0.412. The molecular formula is C17H23NO2S. The highest BCUT2D eigenvalue weighted by Crippen LogP contribution is 2.20. The summed E-state index contributed by atoms with van der Waals surface area (Å²) >= 11 is 1.78. The van der Waals surface area contributed by atoms with Crippen LogP contribution in [0.1, 0.15) is 16.0 Å². The largest absolute Gasteiger partial charge is 0.493 e. The third-order valence-electron chi connectivity index (χ3n) is 3.20. The number of nitrogens with one attached hydrogen (secondary N) is 1. The Morgan fingerprint density at radius 1 is 1.19 bits per heavy atom. The fourth-order valence-corrected chi connectivity index (χ4v) is 2.79. The Kier molecular flexibility index (Phi) is 6.73. The normalized spacial score (nSPS) is 10.8. The van der Waals surface area contributed by atoms with Crippen LogP contribution in [0.4, 0.5) is 0 Å². The van der Waals surface area contributed by atoms with Gasteiger partial charge in [0, 0.05) is 37.1 Å². The van der Waals surface area contributed by atoms with E-state index in [1.54, 1.807) is 18.4 Å². The Morgan fingerprint density at radius 2 is 2.10 bits per heavy atom. The summed E-state index contributed by atoms with van der Waals surface area (Å²) in [6.45, 7) is 5.20. The maximum absolute atomic E-state index is 5.96. The molecule has 0 spiro atoms. The van der Waals surface area contributed by atoms with E-state index in [1.165, 1.54) is 16.0 Å². The van der Waals surface area contributed by atoms with Gasteiger partial charge in [-0.05, 0) is 24.4 Å².